The number of para-hydroxylation sites is 1. The van der Waals surface area contributed by atoms with E-state index in [1.807, 2.05) is 19.9 Å². The Kier molecular flexibility index (Phi) is 5.87. The highest BCUT2D eigenvalue weighted by Crippen LogP contribution is 2.36. The number of fused-ring (bicyclic) bond motifs is 3. The zero-order valence-corrected chi connectivity index (χ0v) is 18.2. The van der Waals surface area contributed by atoms with Crippen LogP contribution in [0.25, 0.3) is 10.9 Å². The minimum absolute atomic E-state index is 0.126. The lowest BCUT2D eigenvalue weighted by Gasteiger charge is -2.46. The van der Waals surface area contributed by atoms with Crippen molar-refractivity contribution in [3.8, 4) is 5.75 Å². The number of carbonyl (C=O) groups is 1. The summed E-state index contributed by atoms with van der Waals surface area (Å²) in [6, 6.07) is 7.57. The van der Waals surface area contributed by atoms with Gasteiger partial charge in [-0.1, -0.05) is 31.9 Å². The van der Waals surface area contributed by atoms with E-state index in [2.05, 4.69) is 17.1 Å². The number of hydrogen-bond donors (Lipinski definition) is 2. The van der Waals surface area contributed by atoms with E-state index < -0.39 is 11.5 Å². The first-order valence-electron chi connectivity index (χ1n) is 11.3. The molecular formula is C24H33N3O3. The van der Waals surface area contributed by atoms with E-state index in [1.54, 1.807) is 22.8 Å². The lowest BCUT2D eigenvalue weighted by Crippen LogP contribution is -2.56. The molecule has 0 spiro atoms. The zero-order chi connectivity index (χ0) is 21.4. The molecule has 1 aliphatic heterocycles. The zero-order valence-electron chi connectivity index (χ0n) is 18.2. The summed E-state index contributed by atoms with van der Waals surface area (Å²) in [5, 5.41) is 14.5. The molecule has 6 heteroatoms. The van der Waals surface area contributed by atoms with Gasteiger partial charge < -0.3 is 15.0 Å². The molecule has 2 N–H and O–H groups in total. The Bertz CT molecular complexity index is 997. The molecule has 1 aromatic carbocycles. The van der Waals surface area contributed by atoms with E-state index in [9.17, 15) is 14.7 Å². The first-order valence-corrected chi connectivity index (χ1v) is 11.3. The Morgan fingerprint density at radius 2 is 2.00 bits per heavy atom. The molecule has 2 heterocycles. The number of piperidine rings is 1. The Morgan fingerprint density at radius 1 is 1.23 bits per heavy atom. The molecule has 2 aliphatic rings. The number of pyridine rings is 1. The van der Waals surface area contributed by atoms with E-state index in [-0.39, 0.29) is 23.5 Å². The summed E-state index contributed by atoms with van der Waals surface area (Å²) in [7, 11) is 0. The van der Waals surface area contributed by atoms with Crippen LogP contribution >= 0.6 is 0 Å². The molecule has 0 radical (unpaired) electrons. The Balaban J connectivity index is 1.68. The third-order valence-electron chi connectivity index (χ3n) is 6.94. The molecule has 3 atom stereocenters. The standard InChI is InChI=1S/C24H33N3O3/c1-4-20(26-13-12-16-8-7-9-17(26)14-16)25-23(29)21-22(28)18-10-5-6-11-19(18)27(15(2)3)24(21)30/h5-6,10-11,15-17,20,28H,4,7-9,12-14H2,1-3H3,(H,25,29). The van der Waals surface area contributed by atoms with E-state index >= 15 is 0 Å². The quantitative estimate of drug-likeness (QED) is 0.779. The molecule has 2 fully saturated rings. The first kappa shape index (κ1) is 20.9. The molecule has 162 valence electrons. The molecule has 30 heavy (non-hydrogen) atoms. The van der Waals surface area contributed by atoms with Crippen LogP contribution in [0, 0.1) is 5.92 Å². The van der Waals surface area contributed by atoms with Crippen LogP contribution in [-0.2, 0) is 0 Å². The molecule has 6 nitrogen and oxygen atoms in total. The number of nitrogens with one attached hydrogen (secondary N) is 1. The Labute approximate surface area is 177 Å². The maximum Gasteiger partial charge on any atom is 0.267 e. The fourth-order valence-corrected chi connectivity index (χ4v) is 5.46. The number of nitrogens with zero attached hydrogens (tertiary/aromatic N) is 2. The van der Waals surface area contributed by atoms with Crippen LogP contribution in [0.2, 0.25) is 0 Å². The molecular weight excluding hydrogens is 378 g/mol. The topological polar surface area (TPSA) is 74.6 Å². The smallest absolute Gasteiger partial charge is 0.267 e. The number of likely N-dealkylation sites (tertiary alicyclic amines) is 1. The van der Waals surface area contributed by atoms with E-state index in [4.69, 9.17) is 0 Å². The van der Waals surface area contributed by atoms with Crippen LogP contribution in [0.15, 0.2) is 29.1 Å². The highest BCUT2D eigenvalue weighted by atomic mass is 16.3. The summed E-state index contributed by atoms with van der Waals surface area (Å²) < 4.78 is 1.59. The van der Waals surface area contributed by atoms with Gasteiger partial charge in [-0.3, -0.25) is 14.5 Å². The Morgan fingerprint density at radius 3 is 2.73 bits per heavy atom. The molecule has 1 saturated carbocycles. The van der Waals surface area contributed by atoms with Crippen LogP contribution in [0.1, 0.15) is 75.7 Å². The maximum absolute atomic E-state index is 13.3. The highest BCUT2D eigenvalue weighted by Gasteiger charge is 2.36. The van der Waals surface area contributed by atoms with Crippen molar-refractivity contribution in [3.05, 3.63) is 40.2 Å². The summed E-state index contributed by atoms with van der Waals surface area (Å²) in [6.07, 6.45) is 6.76. The predicted molar refractivity (Wildman–Crippen MR) is 119 cm³/mol. The number of aromatic nitrogens is 1. The normalized spacial score (nSPS) is 22.9. The number of carbonyl (C=O) groups excluding carboxylic acids is 1. The number of hydrogen-bond acceptors (Lipinski definition) is 4. The lowest BCUT2D eigenvalue weighted by molar-refractivity contribution is 0.0223. The fourth-order valence-electron chi connectivity index (χ4n) is 5.46. The van der Waals surface area contributed by atoms with Crippen molar-refractivity contribution in [1.29, 1.82) is 0 Å². The van der Waals surface area contributed by atoms with Gasteiger partial charge in [0.25, 0.3) is 11.5 Å². The van der Waals surface area contributed by atoms with Crippen molar-refractivity contribution in [2.45, 2.75) is 77.5 Å². The summed E-state index contributed by atoms with van der Waals surface area (Å²) in [4.78, 5) is 28.9. The molecule has 1 aliphatic carbocycles. The predicted octanol–water partition coefficient (Wildman–Crippen LogP) is 4.02. The second-order valence-electron chi connectivity index (χ2n) is 9.12. The van der Waals surface area contributed by atoms with E-state index in [0.29, 0.717) is 16.9 Å². The third kappa shape index (κ3) is 3.62. The first-order chi connectivity index (χ1) is 14.4. The van der Waals surface area contributed by atoms with Crippen LogP contribution in [0.5, 0.6) is 5.75 Å². The monoisotopic (exact) mass is 411 g/mol. The largest absolute Gasteiger partial charge is 0.506 e. The van der Waals surface area contributed by atoms with Gasteiger partial charge in [-0.05, 0) is 57.6 Å². The van der Waals surface area contributed by atoms with Crippen LogP contribution in [-0.4, -0.2) is 39.2 Å². The summed E-state index contributed by atoms with van der Waals surface area (Å²) in [6.45, 7) is 6.86. The second-order valence-corrected chi connectivity index (χ2v) is 9.12. The summed E-state index contributed by atoms with van der Waals surface area (Å²) >= 11 is 0. The van der Waals surface area contributed by atoms with E-state index in [1.165, 1.54) is 32.1 Å². The van der Waals surface area contributed by atoms with Gasteiger partial charge in [-0.25, -0.2) is 0 Å². The molecule has 2 aromatic rings. The highest BCUT2D eigenvalue weighted by molar-refractivity contribution is 6.02. The molecule has 3 unspecified atom stereocenters. The van der Waals surface area contributed by atoms with Crippen LogP contribution in [0.4, 0.5) is 0 Å². The van der Waals surface area contributed by atoms with E-state index in [0.717, 1.165) is 18.9 Å². The van der Waals surface area contributed by atoms with Crippen molar-refractivity contribution in [2.24, 2.45) is 5.92 Å². The van der Waals surface area contributed by atoms with Gasteiger partial charge >= 0.3 is 0 Å². The number of aromatic hydroxyl groups is 1. The van der Waals surface area contributed by atoms with Gasteiger partial charge in [0, 0.05) is 24.0 Å². The summed E-state index contributed by atoms with van der Waals surface area (Å²) in [5.74, 6) is 0.106. The molecule has 1 amide bonds. The average molecular weight is 412 g/mol. The van der Waals surface area contributed by atoms with Crippen LogP contribution in [0.3, 0.4) is 0 Å². The lowest BCUT2D eigenvalue weighted by atomic mass is 9.79. The Hall–Kier alpha value is -2.34. The SMILES string of the molecule is CCC(NC(=O)c1c(O)c2ccccc2n(C(C)C)c1=O)N1CCC2CCCC1C2. The van der Waals surface area contributed by atoms with Crippen LogP contribution < -0.4 is 10.9 Å². The maximum atomic E-state index is 13.3. The van der Waals surface area contributed by atoms with Gasteiger partial charge in [0.2, 0.25) is 0 Å². The van der Waals surface area contributed by atoms with Crippen molar-refractivity contribution in [1.82, 2.24) is 14.8 Å². The number of amides is 1. The van der Waals surface area contributed by atoms with Gasteiger partial charge in [0.05, 0.1) is 11.7 Å². The van der Waals surface area contributed by atoms with Crippen molar-refractivity contribution >= 4 is 16.8 Å². The van der Waals surface area contributed by atoms with Gasteiger partial charge in [0.1, 0.15) is 11.3 Å². The minimum atomic E-state index is -0.484. The third-order valence-corrected chi connectivity index (χ3v) is 6.94. The molecule has 1 saturated heterocycles. The molecule has 4 rings (SSSR count). The molecule has 1 aromatic heterocycles. The fraction of sp³-hybridized carbons (Fsp3) is 0.583. The van der Waals surface area contributed by atoms with Crippen molar-refractivity contribution in [2.75, 3.05) is 6.54 Å². The number of benzene rings is 1. The van der Waals surface area contributed by atoms with Crippen molar-refractivity contribution < 1.29 is 9.90 Å². The van der Waals surface area contributed by atoms with Crippen molar-refractivity contribution in [3.63, 3.8) is 0 Å². The average Bonchev–Trinajstić information content (AvgIpc) is 2.72. The second kappa shape index (κ2) is 8.42. The van der Waals surface area contributed by atoms with Gasteiger partial charge in [-0.2, -0.15) is 0 Å². The van der Waals surface area contributed by atoms with Gasteiger partial charge in [-0.15, -0.1) is 0 Å². The number of rotatable bonds is 5. The summed E-state index contributed by atoms with van der Waals surface area (Å²) in [5.41, 5.74) is 0.0483. The van der Waals surface area contributed by atoms with Gasteiger partial charge in [0.15, 0.2) is 0 Å². The minimum Gasteiger partial charge on any atom is -0.506 e. The molecule has 2 bridgehead atoms.